The van der Waals surface area contributed by atoms with Gasteiger partial charge in [0.05, 0.1) is 0 Å². The highest BCUT2D eigenvalue weighted by Gasteiger charge is 2.12. The second-order valence-electron chi connectivity index (χ2n) is 5.43. The van der Waals surface area contributed by atoms with E-state index < -0.39 is 0 Å². The summed E-state index contributed by atoms with van der Waals surface area (Å²) in [6, 6.07) is 15.0. The lowest BCUT2D eigenvalue weighted by atomic mass is 10.1. The standard InChI is InChI=1S/C18H17N3O3/c1-12-5-3-7-14(9-12)17(22)19-18-21-20-16(24-18)11-23-15-8-4-6-13(2)10-15/h3-10H,11H2,1-2H3,(H,19,21,22). The lowest BCUT2D eigenvalue weighted by Gasteiger charge is -2.03. The maximum atomic E-state index is 12.1. The molecule has 6 heteroatoms. The monoisotopic (exact) mass is 323 g/mol. The number of amides is 1. The number of benzene rings is 2. The second-order valence-corrected chi connectivity index (χ2v) is 5.43. The molecule has 0 aliphatic heterocycles. The average molecular weight is 323 g/mol. The number of carbonyl (C=O) groups excluding carboxylic acids is 1. The number of rotatable bonds is 5. The van der Waals surface area contributed by atoms with Crippen LogP contribution in [-0.4, -0.2) is 16.1 Å². The Labute approximate surface area is 139 Å². The summed E-state index contributed by atoms with van der Waals surface area (Å²) < 4.78 is 11.0. The summed E-state index contributed by atoms with van der Waals surface area (Å²) in [5, 5.41) is 10.2. The molecule has 1 N–H and O–H groups in total. The Kier molecular flexibility index (Phi) is 4.56. The molecule has 0 spiro atoms. The summed E-state index contributed by atoms with van der Waals surface area (Å²) in [6.07, 6.45) is 0. The van der Waals surface area contributed by atoms with Crippen molar-refractivity contribution in [2.45, 2.75) is 20.5 Å². The van der Waals surface area contributed by atoms with E-state index >= 15 is 0 Å². The highest BCUT2D eigenvalue weighted by Crippen LogP contribution is 2.15. The van der Waals surface area contributed by atoms with Crippen molar-refractivity contribution in [1.29, 1.82) is 0 Å². The summed E-state index contributed by atoms with van der Waals surface area (Å²) in [6.45, 7) is 4.04. The predicted molar refractivity (Wildman–Crippen MR) is 88.9 cm³/mol. The van der Waals surface area contributed by atoms with E-state index in [2.05, 4.69) is 15.5 Å². The zero-order valence-corrected chi connectivity index (χ0v) is 13.4. The largest absolute Gasteiger partial charge is 0.484 e. The van der Waals surface area contributed by atoms with Gasteiger partial charge in [-0.25, -0.2) is 0 Å². The molecule has 24 heavy (non-hydrogen) atoms. The van der Waals surface area contributed by atoms with Gasteiger partial charge in [-0.2, -0.15) is 0 Å². The number of hydrogen-bond acceptors (Lipinski definition) is 5. The first kappa shape index (κ1) is 15.7. The van der Waals surface area contributed by atoms with Crippen LogP contribution in [0.15, 0.2) is 52.9 Å². The van der Waals surface area contributed by atoms with Crippen LogP contribution in [-0.2, 0) is 6.61 Å². The van der Waals surface area contributed by atoms with E-state index in [1.54, 1.807) is 12.1 Å². The van der Waals surface area contributed by atoms with Gasteiger partial charge in [0.25, 0.3) is 11.8 Å². The van der Waals surface area contributed by atoms with Gasteiger partial charge in [0.15, 0.2) is 6.61 Å². The fourth-order valence-electron chi connectivity index (χ4n) is 2.17. The Balaban J connectivity index is 1.60. The normalized spacial score (nSPS) is 10.4. The fourth-order valence-corrected chi connectivity index (χ4v) is 2.17. The number of ether oxygens (including phenoxy) is 1. The number of aromatic nitrogens is 2. The van der Waals surface area contributed by atoms with Gasteiger partial charge in [-0.1, -0.05) is 34.9 Å². The van der Waals surface area contributed by atoms with Crippen molar-refractivity contribution < 1.29 is 13.9 Å². The van der Waals surface area contributed by atoms with Crippen LogP contribution in [0.25, 0.3) is 0 Å². The molecule has 0 aliphatic carbocycles. The molecule has 0 saturated carbocycles. The molecule has 2 aromatic carbocycles. The molecule has 0 aliphatic rings. The Morgan fingerprint density at radius 3 is 2.58 bits per heavy atom. The van der Waals surface area contributed by atoms with Crippen molar-refractivity contribution in [3.8, 4) is 5.75 Å². The van der Waals surface area contributed by atoms with E-state index in [0.29, 0.717) is 5.56 Å². The average Bonchev–Trinajstić information content (AvgIpc) is 3.00. The molecule has 0 bridgehead atoms. The summed E-state index contributed by atoms with van der Waals surface area (Å²) in [7, 11) is 0. The lowest BCUT2D eigenvalue weighted by Crippen LogP contribution is -2.12. The molecule has 122 valence electrons. The highest BCUT2D eigenvalue weighted by atomic mass is 16.5. The minimum Gasteiger partial charge on any atom is -0.484 e. The summed E-state index contributed by atoms with van der Waals surface area (Å²) >= 11 is 0. The van der Waals surface area contributed by atoms with E-state index in [4.69, 9.17) is 9.15 Å². The van der Waals surface area contributed by atoms with E-state index in [0.717, 1.165) is 16.9 Å². The van der Waals surface area contributed by atoms with Crippen LogP contribution in [0.2, 0.25) is 0 Å². The van der Waals surface area contributed by atoms with Crippen molar-refractivity contribution in [2.24, 2.45) is 0 Å². The van der Waals surface area contributed by atoms with Crippen molar-refractivity contribution in [2.75, 3.05) is 5.32 Å². The molecule has 3 aromatic rings. The molecule has 3 rings (SSSR count). The maximum absolute atomic E-state index is 12.1. The van der Waals surface area contributed by atoms with Crippen molar-refractivity contribution in [3.05, 3.63) is 71.1 Å². The van der Waals surface area contributed by atoms with E-state index in [1.807, 2.05) is 50.2 Å². The molecule has 0 radical (unpaired) electrons. The van der Waals surface area contributed by atoms with Crippen molar-refractivity contribution >= 4 is 11.9 Å². The van der Waals surface area contributed by atoms with Crippen LogP contribution in [0.3, 0.4) is 0 Å². The minimum atomic E-state index is -0.298. The van der Waals surface area contributed by atoms with Crippen LogP contribution >= 0.6 is 0 Å². The number of aryl methyl sites for hydroxylation is 2. The molecular formula is C18H17N3O3. The number of nitrogens with one attached hydrogen (secondary N) is 1. The number of anilines is 1. The van der Waals surface area contributed by atoms with Crippen LogP contribution in [0.1, 0.15) is 27.4 Å². The fraction of sp³-hybridized carbons (Fsp3) is 0.167. The maximum Gasteiger partial charge on any atom is 0.322 e. The van der Waals surface area contributed by atoms with E-state index in [1.165, 1.54) is 0 Å². The Morgan fingerprint density at radius 1 is 1.08 bits per heavy atom. The zero-order valence-electron chi connectivity index (χ0n) is 13.4. The van der Waals surface area contributed by atoms with E-state index in [-0.39, 0.29) is 24.4 Å². The van der Waals surface area contributed by atoms with Gasteiger partial charge in [-0.15, -0.1) is 5.10 Å². The van der Waals surface area contributed by atoms with Crippen molar-refractivity contribution in [1.82, 2.24) is 10.2 Å². The first-order valence-electron chi connectivity index (χ1n) is 7.50. The van der Waals surface area contributed by atoms with Gasteiger partial charge in [0.2, 0.25) is 0 Å². The van der Waals surface area contributed by atoms with Gasteiger partial charge in [0, 0.05) is 5.56 Å². The topological polar surface area (TPSA) is 77.3 Å². The van der Waals surface area contributed by atoms with Crippen LogP contribution < -0.4 is 10.1 Å². The third-order valence-corrected chi connectivity index (χ3v) is 3.32. The first-order chi connectivity index (χ1) is 11.6. The van der Waals surface area contributed by atoms with E-state index in [9.17, 15) is 4.79 Å². The molecule has 1 heterocycles. The van der Waals surface area contributed by atoms with Gasteiger partial charge in [-0.05, 0) is 43.7 Å². The smallest absolute Gasteiger partial charge is 0.322 e. The lowest BCUT2D eigenvalue weighted by molar-refractivity contribution is 0.102. The number of carbonyl (C=O) groups is 1. The second kappa shape index (κ2) is 6.95. The number of hydrogen-bond donors (Lipinski definition) is 1. The molecule has 1 aromatic heterocycles. The summed E-state index contributed by atoms with van der Waals surface area (Å²) in [4.78, 5) is 12.1. The third kappa shape index (κ3) is 3.98. The summed E-state index contributed by atoms with van der Waals surface area (Å²) in [5.74, 6) is 0.711. The SMILES string of the molecule is Cc1cccc(OCc2nnc(NC(=O)c3cccc(C)c3)o2)c1. The predicted octanol–water partition coefficient (Wildman–Crippen LogP) is 3.52. The van der Waals surface area contributed by atoms with Gasteiger partial charge >= 0.3 is 6.01 Å². The van der Waals surface area contributed by atoms with Gasteiger partial charge < -0.3 is 9.15 Å². The Bertz CT molecular complexity index is 858. The Morgan fingerprint density at radius 2 is 1.83 bits per heavy atom. The zero-order chi connectivity index (χ0) is 16.9. The molecule has 1 amide bonds. The third-order valence-electron chi connectivity index (χ3n) is 3.32. The molecule has 0 fully saturated rings. The molecular weight excluding hydrogens is 306 g/mol. The quantitative estimate of drug-likeness (QED) is 0.777. The molecule has 6 nitrogen and oxygen atoms in total. The van der Waals surface area contributed by atoms with Crippen LogP contribution in [0.5, 0.6) is 5.75 Å². The minimum absolute atomic E-state index is 0.0457. The number of nitrogens with zero attached hydrogens (tertiary/aromatic N) is 2. The van der Waals surface area contributed by atoms with Gasteiger partial charge in [0.1, 0.15) is 5.75 Å². The molecule has 0 atom stereocenters. The van der Waals surface area contributed by atoms with Crippen LogP contribution in [0, 0.1) is 13.8 Å². The highest BCUT2D eigenvalue weighted by molar-refractivity contribution is 6.03. The summed E-state index contributed by atoms with van der Waals surface area (Å²) in [5.41, 5.74) is 2.63. The Hall–Kier alpha value is -3.15. The molecule has 0 unspecified atom stereocenters. The first-order valence-corrected chi connectivity index (χ1v) is 7.50. The van der Waals surface area contributed by atoms with Crippen LogP contribution in [0.4, 0.5) is 6.01 Å². The van der Waals surface area contributed by atoms with Crippen molar-refractivity contribution in [3.63, 3.8) is 0 Å². The van der Waals surface area contributed by atoms with Gasteiger partial charge in [-0.3, -0.25) is 10.1 Å². The molecule has 0 saturated heterocycles.